The molecule has 0 saturated heterocycles. The normalized spacial score (nSPS) is 10.0. The molecule has 0 aliphatic rings. The summed E-state index contributed by atoms with van der Waals surface area (Å²) in [5.41, 5.74) is 0.210. The van der Waals surface area contributed by atoms with E-state index >= 15 is 0 Å². The van der Waals surface area contributed by atoms with Gasteiger partial charge in [0.25, 0.3) is 0 Å². The maximum Gasteiger partial charge on any atom is 0.343 e. The highest BCUT2D eigenvalue weighted by atomic mass is 35.5. The third kappa shape index (κ3) is 3.03. The number of ether oxygens (including phenoxy) is 2. The lowest BCUT2D eigenvalue weighted by atomic mass is 10.2. The van der Waals surface area contributed by atoms with Crippen LogP contribution in [0.2, 0.25) is 10.0 Å². The molecule has 0 bridgehead atoms. The van der Waals surface area contributed by atoms with Crippen LogP contribution in [-0.4, -0.2) is 19.7 Å². The molecule has 88 valence electrons. The molecule has 0 N–H and O–H groups in total. The first-order valence-corrected chi connectivity index (χ1v) is 5.55. The molecule has 0 heterocycles. The molecule has 16 heavy (non-hydrogen) atoms. The lowest BCUT2D eigenvalue weighted by Crippen LogP contribution is -2.07. The number of carbonyl (C=O) groups excluding carboxylic acids is 1. The number of halogens is 2. The molecule has 5 heteroatoms. The quantitative estimate of drug-likeness (QED) is 0.779. The van der Waals surface area contributed by atoms with E-state index in [9.17, 15) is 4.79 Å². The zero-order valence-electron chi connectivity index (χ0n) is 9.05. The standard InChI is InChI=1S/C11H12Cl2O3/c1-3-4-16-9-6-7(12)5-8(13)10(9)11(14)15-2/h5-6H,3-4H2,1-2H3. The van der Waals surface area contributed by atoms with Gasteiger partial charge in [0.15, 0.2) is 0 Å². The van der Waals surface area contributed by atoms with Crippen LogP contribution >= 0.6 is 23.2 Å². The molecule has 0 atom stereocenters. The second kappa shape index (κ2) is 5.97. The Morgan fingerprint density at radius 2 is 2.06 bits per heavy atom. The Hall–Kier alpha value is -0.930. The number of rotatable bonds is 4. The third-order valence-electron chi connectivity index (χ3n) is 1.87. The Kier molecular flexibility index (Phi) is 4.90. The molecule has 3 nitrogen and oxygen atoms in total. The first-order valence-electron chi connectivity index (χ1n) is 4.80. The monoisotopic (exact) mass is 262 g/mol. The van der Waals surface area contributed by atoms with Crippen molar-refractivity contribution in [3.05, 3.63) is 27.7 Å². The summed E-state index contributed by atoms with van der Waals surface area (Å²) >= 11 is 11.8. The average Bonchev–Trinajstić information content (AvgIpc) is 2.24. The molecule has 0 aromatic heterocycles. The minimum atomic E-state index is -0.534. The van der Waals surface area contributed by atoms with Gasteiger partial charge in [-0.15, -0.1) is 0 Å². The van der Waals surface area contributed by atoms with Crippen molar-refractivity contribution in [2.45, 2.75) is 13.3 Å². The Labute approximate surface area is 104 Å². The van der Waals surface area contributed by atoms with E-state index in [-0.39, 0.29) is 10.6 Å². The first kappa shape index (κ1) is 13.1. The molecule has 0 saturated carbocycles. The fourth-order valence-electron chi connectivity index (χ4n) is 1.18. The van der Waals surface area contributed by atoms with Crippen molar-refractivity contribution >= 4 is 29.2 Å². The predicted octanol–water partition coefficient (Wildman–Crippen LogP) is 3.57. The van der Waals surface area contributed by atoms with E-state index in [1.54, 1.807) is 6.07 Å². The van der Waals surface area contributed by atoms with E-state index in [2.05, 4.69) is 4.74 Å². The zero-order valence-corrected chi connectivity index (χ0v) is 10.6. The van der Waals surface area contributed by atoms with E-state index in [0.29, 0.717) is 17.4 Å². The molecule has 0 aliphatic heterocycles. The van der Waals surface area contributed by atoms with Crippen LogP contribution in [0.5, 0.6) is 5.75 Å². The van der Waals surface area contributed by atoms with Gasteiger partial charge >= 0.3 is 5.97 Å². The summed E-state index contributed by atoms with van der Waals surface area (Å²) < 4.78 is 10.0. The molecule has 0 spiro atoms. The molecule has 0 aliphatic carbocycles. The molecule has 1 aromatic carbocycles. The number of benzene rings is 1. The Balaban J connectivity index is 3.15. The maximum atomic E-state index is 11.5. The summed E-state index contributed by atoms with van der Waals surface area (Å²) in [6, 6.07) is 3.03. The van der Waals surface area contributed by atoms with E-state index < -0.39 is 5.97 Å². The lowest BCUT2D eigenvalue weighted by Gasteiger charge is -2.11. The summed E-state index contributed by atoms with van der Waals surface area (Å²) in [4.78, 5) is 11.5. The van der Waals surface area contributed by atoms with Crippen molar-refractivity contribution in [2.75, 3.05) is 13.7 Å². The van der Waals surface area contributed by atoms with Crippen molar-refractivity contribution in [3.8, 4) is 5.75 Å². The summed E-state index contributed by atoms with van der Waals surface area (Å²) in [5.74, 6) is -0.182. The Morgan fingerprint density at radius 3 is 2.62 bits per heavy atom. The van der Waals surface area contributed by atoms with Gasteiger partial charge in [-0.2, -0.15) is 0 Å². The Morgan fingerprint density at radius 1 is 1.38 bits per heavy atom. The van der Waals surface area contributed by atoms with Gasteiger partial charge in [0.1, 0.15) is 11.3 Å². The highest BCUT2D eigenvalue weighted by Crippen LogP contribution is 2.31. The van der Waals surface area contributed by atoms with Gasteiger partial charge in [0, 0.05) is 5.02 Å². The molecule has 1 rings (SSSR count). The molecule has 0 amide bonds. The van der Waals surface area contributed by atoms with Crippen LogP contribution in [0.3, 0.4) is 0 Å². The van der Waals surface area contributed by atoms with Crippen molar-refractivity contribution in [1.29, 1.82) is 0 Å². The van der Waals surface area contributed by atoms with Crippen LogP contribution in [0.25, 0.3) is 0 Å². The van der Waals surface area contributed by atoms with E-state index in [1.165, 1.54) is 13.2 Å². The topological polar surface area (TPSA) is 35.5 Å². The number of methoxy groups -OCH3 is 1. The van der Waals surface area contributed by atoms with Gasteiger partial charge < -0.3 is 9.47 Å². The molecule has 0 fully saturated rings. The summed E-state index contributed by atoms with van der Waals surface area (Å²) in [7, 11) is 1.29. The second-order valence-corrected chi connectivity index (χ2v) is 3.94. The van der Waals surface area contributed by atoms with E-state index in [1.807, 2.05) is 6.92 Å². The molecule has 0 radical (unpaired) electrons. The first-order chi connectivity index (χ1) is 7.60. The number of carbonyl (C=O) groups is 1. The summed E-state index contributed by atoms with van der Waals surface area (Å²) in [6.45, 7) is 2.45. The van der Waals surface area contributed by atoms with E-state index in [0.717, 1.165) is 6.42 Å². The van der Waals surface area contributed by atoms with Gasteiger partial charge in [-0.1, -0.05) is 30.1 Å². The van der Waals surface area contributed by atoms with Crippen LogP contribution in [-0.2, 0) is 4.74 Å². The zero-order chi connectivity index (χ0) is 12.1. The van der Waals surface area contributed by atoms with Gasteiger partial charge in [-0.3, -0.25) is 0 Å². The largest absolute Gasteiger partial charge is 0.493 e. The van der Waals surface area contributed by atoms with Crippen molar-refractivity contribution in [2.24, 2.45) is 0 Å². The third-order valence-corrected chi connectivity index (χ3v) is 2.39. The van der Waals surface area contributed by atoms with Crippen molar-refractivity contribution in [3.63, 3.8) is 0 Å². The van der Waals surface area contributed by atoms with E-state index in [4.69, 9.17) is 27.9 Å². The molecule has 1 aromatic rings. The fraction of sp³-hybridized carbons (Fsp3) is 0.364. The minimum Gasteiger partial charge on any atom is -0.493 e. The minimum absolute atomic E-state index is 0.210. The van der Waals surface area contributed by atoms with Gasteiger partial charge in [-0.05, 0) is 18.6 Å². The SMILES string of the molecule is CCCOc1cc(Cl)cc(Cl)c1C(=O)OC. The van der Waals surface area contributed by atoms with Gasteiger partial charge in [0.05, 0.1) is 18.7 Å². The smallest absolute Gasteiger partial charge is 0.343 e. The summed E-state index contributed by atoms with van der Waals surface area (Å²) in [6.07, 6.45) is 0.824. The number of hydrogen-bond donors (Lipinski definition) is 0. The predicted molar refractivity (Wildman–Crippen MR) is 63.6 cm³/mol. The lowest BCUT2D eigenvalue weighted by molar-refractivity contribution is 0.0596. The van der Waals surface area contributed by atoms with Crippen LogP contribution in [0, 0.1) is 0 Å². The molecular formula is C11H12Cl2O3. The van der Waals surface area contributed by atoms with Crippen LogP contribution in [0.15, 0.2) is 12.1 Å². The van der Waals surface area contributed by atoms with Crippen molar-refractivity contribution in [1.82, 2.24) is 0 Å². The average molecular weight is 263 g/mol. The number of esters is 1. The van der Waals surface area contributed by atoms with Crippen LogP contribution in [0.4, 0.5) is 0 Å². The van der Waals surface area contributed by atoms with Gasteiger partial charge in [0.2, 0.25) is 0 Å². The number of hydrogen-bond acceptors (Lipinski definition) is 3. The Bertz CT molecular complexity index is 391. The highest BCUT2D eigenvalue weighted by Gasteiger charge is 2.18. The summed E-state index contributed by atoms with van der Waals surface area (Å²) in [5, 5.41) is 0.647. The molecular weight excluding hydrogens is 251 g/mol. The fourth-order valence-corrected chi connectivity index (χ4v) is 1.73. The molecule has 0 unspecified atom stereocenters. The van der Waals surface area contributed by atoms with Crippen LogP contribution in [0.1, 0.15) is 23.7 Å². The maximum absolute atomic E-state index is 11.5. The second-order valence-electron chi connectivity index (χ2n) is 3.10. The van der Waals surface area contributed by atoms with Crippen molar-refractivity contribution < 1.29 is 14.3 Å². The highest BCUT2D eigenvalue weighted by molar-refractivity contribution is 6.37. The van der Waals surface area contributed by atoms with Gasteiger partial charge in [-0.25, -0.2) is 4.79 Å². The van der Waals surface area contributed by atoms with Crippen LogP contribution < -0.4 is 4.74 Å².